The largest absolute Gasteiger partial charge is 0.480 e. The molecule has 0 saturated carbocycles. The van der Waals surface area contributed by atoms with Crippen LogP contribution in [-0.2, 0) is 61.9 Å². The van der Waals surface area contributed by atoms with Gasteiger partial charge in [-0.1, -0.05) is 13.0 Å². The predicted molar refractivity (Wildman–Crippen MR) is 258 cm³/mol. The summed E-state index contributed by atoms with van der Waals surface area (Å²) in [5.74, 6) is -7.34. The van der Waals surface area contributed by atoms with Crippen molar-refractivity contribution in [3.63, 3.8) is 0 Å². The normalized spacial score (nSPS) is 21.1. The van der Waals surface area contributed by atoms with Crippen molar-refractivity contribution >= 4 is 41.6 Å². The first-order chi connectivity index (χ1) is 34.8. The molecule has 2 rings (SSSR count). The first-order valence-electron chi connectivity index (χ1n) is 23.5. The Labute approximate surface area is 422 Å². The number of aliphatic hydroxyl groups is 4. The number of hydrogen-bond donors (Lipinski definition) is 13. The summed E-state index contributed by atoms with van der Waals surface area (Å²) in [6.45, 7) is 8.04. The molecule has 0 aromatic rings. The van der Waals surface area contributed by atoms with Gasteiger partial charge in [-0.05, 0) is 38.1 Å². The van der Waals surface area contributed by atoms with Gasteiger partial charge in [0.2, 0.25) is 29.2 Å². The molecule has 0 bridgehead atoms. The number of carbonyl (C=O) groups is 5. The molecule has 29 nitrogen and oxygen atoms in total. The van der Waals surface area contributed by atoms with Gasteiger partial charge in [0.15, 0.2) is 18.0 Å². The van der Waals surface area contributed by atoms with Crippen molar-refractivity contribution < 1.29 is 92.5 Å². The number of nitrogens with two attached hydrogens (primary N) is 4. The Bertz CT molecular complexity index is 1840. The minimum atomic E-state index is -1.72. The number of carbonyl (C=O) groups excluding carboxylic acids is 3. The second kappa shape index (κ2) is 35.4. The van der Waals surface area contributed by atoms with E-state index in [0.717, 1.165) is 6.08 Å². The standard InChI is InChI=1S/C44H76N10O19/c1-4-12-66-14-16-68-18-19-69-17-15-67-13-11-54(9-5-7-49-34(60)24-70-38(30(58)22-55)37-26(2)28(52-43(45)46)20-32(72-37)41(62)63)10-6-8-50-35(61)25-71-39(31(59)23-56)40-36(51-27(3)57)29(53-44(47)48)21-33(73-40)42(64)65/h4,20-21,26,28-31,36-40,55-56,58-59H,1,5-19,22-25H2,2-3H3,(H,49,60)(H,50,61)(H,51,57)(H,62,63)(H,64,65)(H4,45,46,52)(H4,47,48,53)/t26-,28+,29+,30-,31-,36-,37-,38-,39-,40-/m1/s1. The fourth-order valence-electron chi connectivity index (χ4n) is 7.33. The number of guanidine groups is 2. The second-order valence-electron chi connectivity index (χ2n) is 16.5. The molecule has 0 fully saturated rings. The van der Waals surface area contributed by atoms with Crippen molar-refractivity contribution in [1.82, 2.24) is 20.9 Å². The summed E-state index contributed by atoms with van der Waals surface area (Å²) in [4.78, 5) is 71.9. The Morgan fingerprint density at radius 3 is 1.60 bits per heavy atom. The Kier molecular flexibility index (Phi) is 30.8. The van der Waals surface area contributed by atoms with Crippen LogP contribution in [0.15, 0.2) is 46.3 Å². The number of aliphatic carboxylic acids is 2. The molecule has 0 aromatic heterocycles. The van der Waals surface area contributed by atoms with E-state index in [1.54, 1.807) is 13.0 Å². The number of carboxylic acid groups (broad SMARTS) is 2. The highest BCUT2D eigenvalue weighted by Gasteiger charge is 2.46. The van der Waals surface area contributed by atoms with Crippen LogP contribution in [0.3, 0.4) is 0 Å². The van der Waals surface area contributed by atoms with Gasteiger partial charge in [-0.25, -0.2) is 19.6 Å². The molecule has 17 N–H and O–H groups in total. The molecule has 2 aliphatic rings. The van der Waals surface area contributed by atoms with E-state index < -0.39 is 134 Å². The molecule has 0 unspecified atom stereocenters. The van der Waals surface area contributed by atoms with Crippen molar-refractivity contribution in [3.8, 4) is 0 Å². The van der Waals surface area contributed by atoms with Crippen molar-refractivity contribution in [2.45, 2.75) is 81.4 Å². The monoisotopic (exact) mass is 1050 g/mol. The summed E-state index contributed by atoms with van der Waals surface area (Å²) < 4.78 is 44.6. The lowest BCUT2D eigenvalue weighted by molar-refractivity contribution is -0.160. The molecule has 10 atom stereocenters. The predicted octanol–water partition coefficient (Wildman–Crippen LogP) is -5.81. The Morgan fingerprint density at radius 2 is 1.15 bits per heavy atom. The highest BCUT2D eigenvalue weighted by molar-refractivity contribution is 5.86. The number of aliphatic imine (C=N–C) groups is 2. The zero-order chi connectivity index (χ0) is 54.3. The number of hydrogen-bond acceptors (Lipinski definition) is 20. The maximum atomic E-state index is 13.0. The molecule has 3 amide bonds. The third-order valence-electron chi connectivity index (χ3n) is 10.8. The van der Waals surface area contributed by atoms with E-state index in [0.29, 0.717) is 85.3 Å². The molecule has 0 spiro atoms. The maximum Gasteiger partial charge on any atom is 0.370 e. The molecule has 2 heterocycles. The first-order valence-corrected chi connectivity index (χ1v) is 23.5. The average Bonchev–Trinajstić information content (AvgIpc) is 3.33. The van der Waals surface area contributed by atoms with Crippen LogP contribution in [0.5, 0.6) is 0 Å². The molecule has 73 heavy (non-hydrogen) atoms. The topological polar surface area (TPSA) is 449 Å². The number of carboxylic acids is 2. The third kappa shape index (κ3) is 24.7. The highest BCUT2D eigenvalue weighted by Crippen LogP contribution is 2.31. The Hall–Kier alpha value is -5.73. The second-order valence-corrected chi connectivity index (χ2v) is 16.5. The van der Waals surface area contributed by atoms with E-state index in [2.05, 4.69) is 32.5 Å². The van der Waals surface area contributed by atoms with Crippen LogP contribution in [0, 0.1) is 5.92 Å². The van der Waals surface area contributed by atoms with E-state index in [1.165, 1.54) is 13.0 Å². The lowest BCUT2D eigenvalue weighted by atomic mass is 9.87. The molecule has 29 heteroatoms. The van der Waals surface area contributed by atoms with Crippen LogP contribution in [0.4, 0.5) is 0 Å². The van der Waals surface area contributed by atoms with Crippen molar-refractivity contribution in [1.29, 1.82) is 0 Å². The van der Waals surface area contributed by atoms with Crippen molar-refractivity contribution in [3.05, 3.63) is 36.3 Å². The van der Waals surface area contributed by atoms with Crippen LogP contribution in [0.2, 0.25) is 0 Å². The number of nitrogens with zero attached hydrogens (tertiary/aromatic N) is 3. The van der Waals surface area contributed by atoms with Gasteiger partial charge in [0.1, 0.15) is 43.7 Å². The number of aliphatic hydroxyl groups excluding tert-OH is 4. The highest BCUT2D eigenvalue weighted by atomic mass is 16.6. The molecule has 0 saturated heterocycles. The average molecular weight is 1050 g/mol. The smallest absolute Gasteiger partial charge is 0.370 e. The van der Waals surface area contributed by atoms with E-state index in [-0.39, 0.29) is 19.0 Å². The quantitative estimate of drug-likeness (QED) is 0.0118. The van der Waals surface area contributed by atoms with Gasteiger partial charge in [0, 0.05) is 32.5 Å². The van der Waals surface area contributed by atoms with Crippen LogP contribution >= 0.6 is 0 Å². The molecule has 0 radical (unpaired) electrons. The van der Waals surface area contributed by atoms with Crippen LogP contribution < -0.4 is 38.9 Å². The molecule has 0 aromatic carbocycles. The lowest BCUT2D eigenvalue weighted by Crippen LogP contribution is -2.60. The van der Waals surface area contributed by atoms with Gasteiger partial charge in [0.25, 0.3) is 0 Å². The summed E-state index contributed by atoms with van der Waals surface area (Å²) in [6.07, 6.45) is -4.15. The Balaban J connectivity index is 2.02. The molecule has 416 valence electrons. The van der Waals surface area contributed by atoms with E-state index in [9.17, 15) is 54.6 Å². The number of amides is 3. The third-order valence-corrected chi connectivity index (χ3v) is 10.8. The summed E-state index contributed by atoms with van der Waals surface area (Å²) in [7, 11) is 0. The number of rotatable bonds is 39. The van der Waals surface area contributed by atoms with Crippen molar-refractivity contribution in [2.24, 2.45) is 38.8 Å². The van der Waals surface area contributed by atoms with E-state index in [4.69, 9.17) is 60.8 Å². The van der Waals surface area contributed by atoms with Crippen LogP contribution in [0.1, 0.15) is 26.7 Å². The van der Waals surface area contributed by atoms with Gasteiger partial charge < -0.3 is 112 Å². The SMILES string of the molecule is C=CCOCCOCCOCCOCCN(CCCNC(=O)CO[C@@H]([C@@H]1OC(C(=O)O)=C[C@H](N=C(N)N)[C@H]1C)[C@H](O)CO)CCCNC(=O)CO[C@@H]([C@@H]1OC(C(=O)O)=C[C@H](N=C(N)N)[C@H]1NC(C)=O)[C@H](O)CO. The molecular formula is C44H76N10O19. The number of nitrogens with one attached hydrogen (secondary N) is 3. The molecule has 2 aliphatic heterocycles. The molecular weight excluding hydrogens is 973 g/mol. The fourth-order valence-corrected chi connectivity index (χ4v) is 7.33. The minimum absolute atomic E-state index is 0.144. The summed E-state index contributed by atoms with van der Waals surface area (Å²) in [6, 6.07) is -3.28. The van der Waals surface area contributed by atoms with Gasteiger partial charge >= 0.3 is 11.9 Å². The maximum absolute atomic E-state index is 13.0. The Morgan fingerprint density at radius 1 is 0.712 bits per heavy atom. The van der Waals surface area contributed by atoms with Crippen LogP contribution in [0.25, 0.3) is 0 Å². The van der Waals surface area contributed by atoms with Gasteiger partial charge in [0.05, 0.1) is 84.2 Å². The summed E-state index contributed by atoms with van der Waals surface area (Å²) >= 11 is 0. The summed E-state index contributed by atoms with van der Waals surface area (Å²) in [5.41, 5.74) is 22.2. The van der Waals surface area contributed by atoms with E-state index >= 15 is 0 Å². The summed E-state index contributed by atoms with van der Waals surface area (Å²) in [5, 5.41) is 68.3. The van der Waals surface area contributed by atoms with Gasteiger partial charge in [-0.2, -0.15) is 0 Å². The number of ether oxygens (including phenoxy) is 8. The van der Waals surface area contributed by atoms with E-state index in [1.807, 2.05) is 4.90 Å². The van der Waals surface area contributed by atoms with Crippen molar-refractivity contribution in [2.75, 3.05) is 112 Å². The lowest BCUT2D eigenvalue weighted by Gasteiger charge is -2.40. The van der Waals surface area contributed by atoms with Crippen LogP contribution in [-0.4, -0.2) is 244 Å². The zero-order valence-electron chi connectivity index (χ0n) is 41.3. The van der Waals surface area contributed by atoms with Gasteiger partial charge in [-0.15, -0.1) is 6.58 Å². The van der Waals surface area contributed by atoms with Gasteiger partial charge in [-0.3, -0.25) is 14.4 Å². The minimum Gasteiger partial charge on any atom is -0.480 e. The zero-order valence-corrected chi connectivity index (χ0v) is 41.3. The first kappa shape index (κ1) is 63.4. The molecule has 0 aliphatic carbocycles. The fraction of sp³-hybridized carbons (Fsp3) is 0.705.